The molecule has 18 heavy (non-hydrogen) atoms. The molecular formula is C10H11N3O4S. The number of nitrogens with zero attached hydrogens (tertiary/aromatic N) is 2. The molecule has 1 aromatic rings. The predicted octanol–water partition coefficient (Wildman–Crippen LogP) is 0.355. The number of amides is 1. The molecule has 0 unspecified atom stereocenters. The van der Waals surface area contributed by atoms with Crippen LogP contribution >= 0.6 is 11.3 Å². The van der Waals surface area contributed by atoms with Gasteiger partial charge in [-0.25, -0.2) is 0 Å². The Labute approximate surface area is 106 Å². The molecule has 2 saturated heterocycles. The molecular weight excluding hydrogens is 258 g/mol. The number of nitrogens with one attached hydrogen (secondary N) is 1. The molecule has 4 atom stereocenters. The quantitative estimate of drug-likeness (QED) is 0.821. The van der Waals surface area contributed by atoms with Gasteiger partial charge >= 0.3 is 5.97 Å². The number of hydrogen-bond acceptors (Lipinski definition) is 6. The third-order valence-electron chi connectivity index (χ3n) is 3.45. The molecule has 1 amide bonds. The molecule has 0 aromatic carbocycles. The lowest BCUT2D eigenvalue weighted by Gasteiger charge is -2.23. The Hall–Kier alpha value is -1.54. The van der Waals surface area contributed by atoms with Gasteiger partial charge in [0.15, 0.2) is 0 Å². The van der Waals surface area contributed by atoms with Crippen LogP contribution in [0.3, 0.4) is 0 Å². The highest BCUT2D eigenvalue weighted by Crippen LogP contribution is 2.44. The Morgan fingerprint density at radius 3 is 2.72 bits per heavy atom. The van der Waals surface area contributed by atoms with Crippen molar-refractivity contribution < 1.29 is 19.4 Å². The number of hydrogen-bond donors (Lipinski definition) is 2. The van der Waals surface area contributed by atoms with Gasteiger partial charge in [0.1, 0.15) is 5.51 Å². The monoisotopic (exact) mass is 269 g/mol. The van der Waals surface area contributed by atoms with Crippen molar-refractivity contribution in [3.05, 3.63) is 5.51 Å². The Bertz CT molecular complexity index is 477. The maximum absolute atomic E-state index is 12.1. The molecule has 2 N–H and O–H groups in total. The van der Waals surface area contributed by atoms with Crippen LogP contribution in [0.2, 0.25) is 0 Å². The highest BCUT2D eigenvalue weighted by Gasteiger charge is 2.55. The summed E-state index contributed by atoms with van der Waals surface area (Å²) in [6.07, 6.45) is 0.828. The summed E-state index contributed by atoms with van der Waals surface area (Å²) in [7, 11) is 0. The molecule has 3 heterocycles. The third-order valence-corrected chi connectivity index (χ3v) is 4.06. The van der Waals surface area contributed by atoms with Crippen LogP contribution in [0.15, 0.2) is 5.51 Å². The van der Waals surface area contributed by atoms with E-state index in [2.05, 4.69) is 15.5 Å². The molecule has 2 aliphatic heterocycles. The van der Waals surface area contributed by atoms with Crippen molar-refractivity contribution in [3.63, 3.8) is 0 Å². The molecule has 0 spiro atoms. The summed E-state index contributed by atoms with van der Waals surface area (Å²) in [6, 6.07) is 0. The first-order valence-electron chi connectivity index (χ1n) is 5.62. The van der Waals surface area contributed by atoms with Crippen molar-refractivity contribution >= 4 is 28.3 Å². The number of fused-ring (bicyclic) bond motifs is 2. The van der Waals surface area contributed by atoms with Crippen molar-refractivity contribution in [2.24, 2.45) is 11.8 Å². The summed E-state index contributed by atoms with van der Waals surface area (Å²) >= 11 is 1.20. The second-order valence-electron chi connectivity index (χ2n) is 4.41. The van der Waals surface area contributed by atoms with Gasteiger partial charge in [0, 0.05) is 0 Å². The molecule has 1 aromatic heterocycles. The highest BCUT2D eigenvalue weighted by molar-refractivity contribution is 7.13. The second kappa shape index (κ2) is 4.29. The van der Waals surface area contributed by atoms with E-state index < -0.39 is 17.8 Å². The fourth-order valence-corrected chi connectivity index (χ4v) is 3.19. The van der Waals surface area contributed by atoms with Crippen LogP contribution in [-0.4, -0.2) is 39.4 Å². The number of carboxylic acid groups (broad SMARTS) is 1. The molecule has 0 aliphatic carbocycles. The molecule has 2 aliphatic rings. The second-order valence-corrected chi connectivity index (χ2v) is 5.25. The minimum absolute atomic E-state index is 0.288. The fraction of sp³-hybridized carbons (Fsp3) is 0.600. The van der Waals surface area contributed by atoms with E-state index in [1.54, 1.807) is 0 Å². The van der Waals surface area contributed by atoms with E-state index in [0.717, 1.165) is 6.42 Å². The molecule has 96 valence electrons. The van der Waals surface area contributed by atoms with Crippen molar-refractivity contribution in [3.8, 4) is 0 Å². The Morgan fingerprint density at radius 1 is 1.39 bits per heavy atom. The van der Waals surface area contributed by atoms with Crippen molar-refractivity contribution in [1.82, 2.24) is 10.2 Å². The van der Waals surface area contributed by atoms with E-state index in [9.17, 15) is 14.7 Å². The molecule has 0 saturated carbocycles. The lowest BCUT2D eigenvalue weighted by atomic mass is 9.79. The summed E-state index contributed by atoms with van der Waals surface area (Å²) < 4.78 is 5.52. The molecule has 0 radical (unpaired) electrons. The van der Waals surface area contributed by atoms with E-state index >= 15 is 0 Å². The first kappa shape index (κ1) is 11.5. The van der Waals surface area contributed by atoms with Gasteiger partial charge in [0.05, 0.1) is 24.0 Å². The van der Waals surface area contributed by atoms with E-state index in [1.165, 1.54) is 16.8 Å². The maximum Gasteiger partial charge on any atom is 0.310 e. The normalized spacial score (nSPS) is 33.6. The molecule has 8 heteroatoms. The van der Waals surface area contributed by atoms with E-state index in [-0.39, 0.29) is 18.1 Å². The van der Waals surface area contributed by atoms with Gasteiger partial charge in [0.2, 0.25) is 11.0 Å². The van der Waals surface area contributed by atoms with E-state index in [0.29, 0.717) is 11.6 Å². The van der Waals surface area contributed by atoms with Crippen molar-refractivity contribution in [2.75, 3.05) is 5.32 Å². The topological polar surface area (TPSA) is 101 Å². The fourth-order valence-electron chi connectivity index (χ4n) is 2.74. The predicted molar refractivity (Wildman–Crippen MR) is 61.0 cm³/mol. The first-order chi connectivity index (χ1) is 8.66. The summed E-state index contributed by atoms with van der Waals surface area (Å²) in [5.41, 5.74) is 1.50. The zero-order valence-electron chi connectivity index (χ0n) is 9.28. The van der Waals surface area contributed by atoms with Crippen LogP contribution in [-0.2, 0) is 14.3 Å². The minimum Gasteiger partial charge on any atom is -0.481 e. The van der Waals surface area contributed by atoms with E-state index in [1.807, 2.05) is 0 Å². The van der Waals surface area contributed by atoms with Crippen molar-refractivity contribution in [2.45, 2.75) is 25.0 Å². The number of rotatable bonds is 3. The van der Waals surface area contributed by atoms with Crippen LogP contribution in [0.25, 0.3) is 0 Å². The largest absolute Gasteiger partial charge is 0.481 e. The van der Waals surface area contributed by atoms with Crippen LogP contribution in [0.4, 0.5) is 5.13 Å². The van der Waals surface area contributed by atoms with Gasteiger partial charge in [-0.05, 0) is 12.8 Å². The number of aromatic nitrogens is 2. The summed E-state index contributed by atoms with van der Waals surface area (Å²) in [5.74, 6) is -2.70. The van der Waals surface area contributed by atoms with Crippen LogP contribution in [0.1, 0.15) is 12.8 Å². The number of aliphatic carboxylic acids is 1. The number of anilines is 1. The molecule has 2 bridgehead atoms. The summed E-state index contributed by atoms with van der Waals surface area (Å²) in [4.78, 5) is 23.3. The number of carbonyl (C=O) groups is 2. The molecule has 3 rings (SSSR count). The zero-order chi connectivity index (χ0) is 12.7. The van der Waals surface area contributed by atoms with Crippen LogP contribution in [0, 0.1) is 11.8 Å². The van der Waals surface area contributed by atoms with Crippen molar-refractivity contribution in [1.29, 1.82) is 0 Å². The Balaban J connectivity index is 1.78. The maximum atomic E-state index is 12.1. The Morgan fingerprint density at radius 2 is 2.11 bits per heavy atom. The van der Waals surface area contributed by atoms with Gasteiger partial charge in [0.25, 0.3) is 0 Å². The smallest absolute Gasteiger partial charge is 0.310 e. The third kappa shape index (κ3) is 1.77. The first-order valence-corrected chi connectivity index (χ1v) is 6.50. The minimum atomic E-state index is -0.973. The lowest BCUT2D eigenvalue weighted by molar-refractivity contribution is -0.147. The molecule has 7 nitrogen and oxygen atoms in total. The average Bonchev–Trinajstić information content (AvgIpc) is 3.03. The summed E-state index contributed by atoms with van der Waals surface area (Å²) in [6.45, 7) is 0. The van der Waals surface area contributed by atoms with Crippen LogP contribution < -0.4 is 5.32 Å². The standard InChI is InChI=1S/C10H11N3O4S/c14-8(12-10-13-11-3-18-10)6-4-1-2-5(17-4)7(6)9(15)16/h3-7H,1-2H2,(H,15,16)(H,12,13,14)/t4-,5-,6-,7-/m1/s1. The van der Waals surface area contributed by atoms with Gasteiger partial charge in [-0.1, -0.05) is 11.3 Å². The lowest BCUT2D eigenvalue weighted by Crippen LogP contribution is -2.40. The Kier molecular flexibility index (Phi) is 2.75. The summed E-state index contributed by atoms with van der Waals surface area (Å²) in [5, 5.41) is 19.5. The van der Waals surface area contributed by atoms with Gasteiger partial charge in [-0.3, -0.25) is 9.59 Å². The van der Waals surface area contributed by atoms with E-state index in [4.69, 9.17) is 4.74 Å². The van der Waals surface area contributed by atoms with Gasteiger partial charge in [-0.15, -0.1) is 10.2 Å². The number of carboxylic acids is 1. The zero-order valence-corrected chi connectivity index (χ0v) is 10.1. The number of carbonyl (C=O) groups excluding carboxylic acids is 1. The van der Waals surface area contributed by atoms with Crippen LogP contribution in [0.5, 0.6) is 0 Å². The number of ether oxygens (including phenoxy) is 1. The van der Waals surface area contributed by atoms with Gasteiger partial charge < -0.3 is 15.2 Å². The SMILES string of the molecule is O=C(O)[C@H]1[C@H](C(=O)Nc2nncs2)[C@H]2CC[C@H]1O2. The highest BCUT2D eigenvalue weighted by atomic mass is 32.1. The average molecular weight is 269 g/mol. The molecule has 2 fully saturated rings. The van der Waals surface area contributed by atoms with Gasteiger partial charge in [-0.2, -0.15) is 0 Å².